The molecule has 5 aromatic carbocycles. The van der Waals surface area contributed by atoms with Crippen LogP contribution in [0.4, 0.5) is 0 Å². The highest BCUT2D eigenvalue weighted by atomic mass is 35.5. The average Bonchev–Trinajstić information content (AvgIpc) is 3.36. The molecule has 7 aromatic rings. The molecule has 0 atom stereocenters. The number of rotatable bonds is 4. The van der Waals surface area contributed by atoms with Crippen LogP contribution in [0.5, 0.6) is 0 Å². The number of fused-ring (bicyclic) bond motifs is 3. The summed E-state index contributed by atoms with van der Waals surface area (Å²) in [4.78, 5) is 14.9. The van der Waals surface area contributed by atoms with Crippen LogP contribution in [0.1, 0.15) is 0 Å². The average molecular weight is 511 g/mol. The van der Waals surface area contributed by atoms with E-state index in [2.05, 4.69) is 24.3 Å². The molecule has 2 heterocycles. The monoisotopic (exact) mass is 510 g/mol. The van der Waals surface area contributed by atoms with E-state index >= 15 is 0 Å². The number of hydrogen-bond acceptors (Lipinski definition) is 3. The third kappa shape index (κ3) is 4.01. The summed E-state index contributed by atoms with van der Waals surface area (Å²) in [6, 6.07) is 40.5. The summed E-state index contributed by atoms with van der Waals surface area (Å²) in [7, 11) is 0. The topological polar surface area (TPSA) is 51.5 Å². The van der Waals surface area contributed by atoms with Gasteiger partial charge in [-0.1, -0.05) is 96.5 Å². The van der Waals surface area contributed by atoms with E-state index in [9.17, 15) is 0 Å². The highest BCUT2D eigenvalue weighted by Crippen LogP contribution is 2.37. The molecule has 0 aliphatic heterocycles. The summed E-state index contributed by atoms with van der Waals surface area (Å²) in [5.41, 5.74) is 6.77. The number of aromatic nitrogens is 3. The standard InChI is InChI=1S/C33H20ClN3O/c34-25-17-18-28-27(20-25)30-26(15-8-16-29(30)38-28)33-36-31(22-11-5-2-6-12-22)35-32(37-33)24-14-7-13-23(19-24)21-9-3-1-4-10-21/h1-20H/p+1. The maximum absolute atomic E-state index is 6.38. The van der Waals surface area contributed by atoms with Gasteiger partial charge in [0.2, 0.25) is 0 Å². The molecule has 0 saturated heterocycles. The van der Waals surface area contributed by atoms with Crippen molar-refractivity contribution in [3.63, 3.8) is 0 Å². The number of furan rings is 1. The van der Waals surface area contributed by atoms with E-state index in [0.29, 0.717) is 22.5 Å². The van der Waals surface area contributed by atoms with Gasteiger partial charge in [-0.15, -0.1) is 0 Å². The molecule has 5 heteroatoms. The first-order chi connectivity index (χ1) is 18.7. The fraction of sp³-hybridized carbons (Fsp3) is 0. The minimum atomic E-state index is 0.596. The van der Waals surface area contributed by atoms with E-state index in [1.807, 2.05) is 97.1 Å². The lowest BCUT2D eigenvalue weighted by atomic mass is 10.0. The summed E-state index contributed by atoms with van der Waals surface area (Å²) in [5.74, 6) is 1.83. The van der Waals surface area contributed by atoms with Crippen LogP contribution in [0.2, 0.25) is 5.02 Å². The first-order valence-electron chi connectivity index (χ1n) is 12.4. The minimum Gasteiger partial charge on any atom is -0.545 e. The van der Waals surface area contributed by atoms with Gasteiger partial charge in [-0.3, -0.25) is 0 Å². The van der Waals surface area contributed by atoms with Crippen molar-refractivity contribution in [1.82, 2.24) is 15.0 Å². The van der Waals surface area contributed by atoms with Crippen LogP contribution in [0.3, 0.4) is 0 Å². The van der Waals surface area contributed by atoms with E-state index in [1.54, 1.807) is 0 Å². The van der Waals surface area contributed by atoms with Crippen LogP contribution in [0.15, 0.2) is 126 Å². The van der Waals surface area contributed by atoms with Crippen LogP contribution < -0.4 is 0 Å². The molecule has 180 valence electrons. The van der Waals surface area contributed by atoms with Crippen molar-refractivity contribution >= 4 is 33.5 Å². The van der Waals surface area contributed by atoms with Gasteiger partial charge >= 0.3 is 0 Å². The number of hydrogen-bond donors (Lipinski definition) is 0. The first kappa shape index (κ1) is 22.4. The molecule has 0 aliphatic rings. The third-order valence-corrected chi connectivity index (χ3v) is 6.88. The number of nitrogens with zero attached hydrogens (tertiary/aromatic N) is 3. The first-order valence-corrected chi connectivity index (χ1v) is 12.7. The zero-order valence-corrected chi connectivity index (χ0v) is 21.0. The van der Waals surface area contributed by atoms with Crippen LogP contribution in [-0.4, -0.2) is 15.0 Å². The Balaban J connectivity index is 1.47. The van der Waals surface area contributed by atoms with Crippen LogP contribution >= 0.6 is 11.6 Å². The molecular weight excluding hydrogens is 490 g/mol. The summed E-state index contributed by atoms with van der Waals surface area (Å²) in [6.45, 7) is 0. The molecule has 0 fully saturated rings. The zero-order valence-electron chi connectivity index (χ0n) is 20.2. The Morgan fingerprint density at radius 1 is 0.474 bits per heavy atom. The van der Waals surface area contributed by atoms with Gasteiger partial charge in [-0.25, -0.2) is 15.0 Å². The van der Waals surface area contributed by atoms with Gasteiger partial charge in [0.05, 0.1) is 10.8 Å². The van der Waals surface area contributed by atoms with Gasteiger partial charge in [0, 0.05) is 33.8 Å². The van der Waals surface area contributed by atoms with Crippen molar-refractivity contribution in [2.24, 2.45) is 0 Å². The van der Waals surface area contributed by atoms with Gasteiger partial charge < -0.3 is 4.42 Å². The van der Waals surface area contributed by atoms with Crippen LogP contribution in [-0.2, 0) is 0 Å². The second kappa shape index (κ2) is 9.25. The summed E-state index contributed by atoms with van der Waals surface area (Å²) in [5, 5.41) is 2.64. The number of benzene rings is 5. The second-order valence-electron chi connectivity index (χ2n) is 9.09. The van der Waals surface area contributed by atoms with E-state index < -0.39 is 0 Å². The van der Waals surface area contributed by atoms with Gasteiger partial charge in [-0.05, 0) is 35.4 Å². The van der Waals surface area contributed by atoms with Gasteiger partial charge in [0.25, 0.3) is 11.2 Å². The van der Waals surface area contributed by atoms with Crippen molar-refractivity contribution in [3.8, 4) is 45.3 Å². The predicted octanol–water partition coefficient (Wildman–Crippen LogP) is 9.20. The van der Waals surface area contributed by atoms with Gasteiger partial charge in [-0.2, -0.15) is 0 Å². The fourth-order valence-corrected chi connectivity index (χ4v) is 5.02. The molecular formula is C33H21ClN3O+. The third-order valence-electron chi connectivity index (χ3n) is 6.65. The van der Waals surface area contributed by atoms with Crippen molar-refractivity contribution in [1.29, 1.82) is 0 Å². The molecule has 0 aliphatic carbocycles. The number of halogens is 1. The lowest BCUT2D eigenvalue weighted by Gasteiger charge is -2.10. The normalized spacial score (nSPS) is 11.3. The summed E-state index contributed by atoms with van der Waals surface area (Å²) < 4.78 is 4.82. The van der Waals surface area contributed by atoms with E-state index in [0.717, 1.165) is 49.8 Å². The Kier molecular flexibility index (Phi) is 5.46. The quantitative estimate of drug-likeness (QED) is 0.222. The molecule has 38 heavy (non-hydrogen) atoms. The molecule has 0 bridgehead atoms. The maximum Gasteiger partial charge on any atom is 0.269 e. The molecule has 0 radical (unpaired) electrons. The molecule has 0 saturated carbocycles. The summed E-state index contributed by atoms with van der Waals surface area (Å²) >= 11 is 6.38. The molecule has 0 amide bonds. The Bertz CT molecular complexity index is 1930. The Morgan fingerprint density at radius 3 is 1.89 bits per heavy atom. The van der Waals surface area contributed by atoms with Gasteiger partial charge in [0.1, 0.15) is 0 Å². The van der Waals surface area contributed by atoms with E-state index in [1.165, 1.54) is 0 Å². The second-order valence-corrected chi connectivity index (χ2v) is 9.53. The van der Waals surface area contributed by atoms with Crippen molar-refractivity contribution in [3.05, 3.63) is 126 Å². The molecule has 2 aromatic heterocycles. The van der Waals surface area contributed by atoms with E-state index in [4.69, 9.17) is 31.0 Å². The van der Waals surface area contributed by atoms with Crippen molar-refractivity contribution in [2.45, 2.75) is 0 Å². The van der Waals surface area contributed by atoms with E-state index in [-0.39, 0.29) is 0 Å². The van der Waals surface area contributed by atoms with Crippen LogP contribution in [0.25, 0.3) is 67.2 Å². The highest BCUT2D eigenvalue weighted by molar-refractivity contribution is 6.32. The van der Waals surface area contributed by atoms with Crippen molar-refractivity contribution < 1.29 is 4.42 Å². The molecule has 0 spiro atoms. The largest absolute Gasteiger partial charge is 0.545 e. The Morgan fingerprint density at radius 2 is 1.11 bits per heavy atom. The highest BCUT2D eigenvalue weighted by Gasteiger charge is 2.21. The molecule has 0 unspecified atom stereocenters. The minimum absolute atomic E-state index is 0.596. The predicted molar refractivity (Wildman–Crippen MR) is 155 cm³/mol. The lowest BCUT2D eigenvalue weighted by molar-refractivity contribution is 0.669. The maximum atomic E-state index is 6.38. The fourth-order valence-electron chi connectivity index (χ4n) is 4.85. The Labute approximate surface area is 224 Å². The van der Waals surface area contributed by atoms with Crippen molar-refractivity contribution in [2.75, 3.05) is 0 Å². The van der Waals surface area contributed by atoms with Crippen LogP contribution in [0, 0.1) is 0 Å². The van der Waals surface area contributed by atoms with Gasteiger partial charge in [0.15, 0.2) is 17.5 Å². The zero-order chi connectivity index (χ0) is 25.5. The summed E-state index contributed by atoms with van der Waals surface area (Å²) in [6.07, 6.45) is 0. The molecule has 7 rings (SSSR count). The molecule has 4 nitrogen and oxygen atoms in total. The SMILES string of the molecule is Clc1ccc2[oH+]c3cccc(-c4nc(-c5ccccc5)nc(-c5cccc(-c6ccccc6)c5)n4)c3c2c1. The molecule has 1 N–H and O–H groups in total. The lowest BCUT2D eigenvalue weighted by Crippen LogP contribution is -2.00. The smallest absolute Gasteiger partial charge is 0.269 e. The Hall–Kier alpha value is -4.80.